The normalized spacial score (nSPS) is 11.8. The lowest BCUT2D eigenvalue weighted by Crippen LogP contribution is -1.95. The van der Waals surface area contributed by atoms with Gasteiger partial charge in [0.15, 0.2) is 0 Å². The van der Waals surface area contributed by atoms with E-state index in [-0.39, 0.29) is 0 Å². The minimum atomic E-state index is 0.869. The zero-order valence-corrected chi connectivity index (χ0v) is 28.8. The summed E-state index contributed by atoms with van der Waals surface area (Å²) < 4.78 is 11.2. The number of nitrogens with zero attached hydrogens (tertiary/aromatic N) is 2. The first-order chi connectivity index (χ1) is 26.3. The number of rotatable bonds is 5. The summed E-state index contributed by atoms with van der Waals surface area (Å²) in [6.45, 7) is 0. The Hall–Kier alpha value is -7.10. The van der Waals surface area contributed by atoms with E-state index in [0.717, 1.165) is 50.1 Å². The van der Waals surface area contributed by atoms with Crippen molar-refractivity contribution in [2.24, 2.45) is 0 Å². The van der Waals surface area contributed by atoms with E-state index in [4.69, 9.17) is 4.42 Å². The minimum absolute atomic E-state index is 0.869. The van der Waals surface area contributed by atoms with Crippen LogP contribution in [0.3, 0.4) is 0 Å². The standard InChI is InChI=1S/C50H32N2O/c1-4-13-33(14-5-1)36-23-26-45-42(30-36)43-31-37(34-15-6-2-7-16-34)24-27-46(43)51(45)40-20-12-17-35(29-40)38-25-28-47-44(32-38)49-41-21-10-11-22-48(41)53-50(49)52(47)39-18-8-3-9-19-39/h1-32H. The Morgan fingerprint density at radius 2 is 0.774 bits per heavy atom. The van der Waals surface area contributed by atoms with Crippen LogP contribution in [0.25, 0.3) is 99.5 Å². The number of hydrogen-bond acceptors (Lipinski definition) is 1. The van der Waals surface area contributed by atoms with Crippen molar-refractivity contribution in [3.05, 3.63) is 194 Å². The molecule has 0 atom stereocenters. The molecule has 0 unspecified atom stereocenters. The smallest absolute Gasteiger partial charge is 0.213 e. The molecular weight excluding hydrogens is 645 g/mol. The molecule has 0 radical (unpaired) electrons. The van der Waals surface area contributed by atoms with Gasteiger partial charge in [-0.25, -0.2) is 0 Å². The molecule has 0 aliphatic rings. The lowest BCUT2D eigenvalue weighted by atomic mass is 10.0. The van der Waals surface area contributed by atoms with Crippen molar-refractivity contribution in [2.45, 2.75) is 0 Å². The summed E-state index contributed by atoms with van der Waals surface area (Å²) in [6.07, 6.45) is 0. The molecule has 0 aliphatic carbocycles. The van der Waals surface area contributed by atoms with Crippen LogP contribution in [-0.2, 0) is 0 Å². The highest BCUT2D eigenvalue weighted by molar-refractivity contribution is 6.20. The summed E-state index contributed by atoms with van der Waals surface area (Å²) in [4.78, 5) is 0. The largest absolute Gasteiger partial charge is 0.439 e. The van der Waals surface area contributed by atoms with Crippen molar-refractivity contribution < 1.29 is 4.42 Å². The summed E-state index contributed by atoms with van der Waals surface area (Å²) in [6, 6.07) is 69.7. The summed E-state index contributed by atoms with van der Waals surface area (Å²) in [7, 11) is 0. The molecule has 3 heteroatoms. The number of aromatic nitrogens is 2. The first-order valence-corrected chi connectivity index (χ1v) is 18.1. The summed E-state index contributed by atoms with van der Waals surface area (Å²) >= 11 is 0. The quantitative estimate of drug-likeness (QED) is 0.178. The van der Waals surface area contributed by atoms with Crippen molar-refractivity contribution in [3.8, 4) is 44.8 Å². The monoisotopic (exact) mass is 676 g/mol. The highest BCUT2D eigenvalue weighted by Gasteiger charge is 2.20. The summed E-state index contributed by atoms with van der Waals surface area (Å²) in [5.74, 6) is 0. The Balaban J connectivity index is 1.11. The molecule has 0 N–H and O–H groups in total. The Kier molecular flexibility index (Phi) is 6.55. The molecule has 0 spiro atoms. The Bertz CT molecular complexity index is 3050. The van der Waals surface area contributed by atoms with Crippen molar-refractivity contribution in [3.63, 3.8) is 0 Å². The third kappa shape index (κ3) is 4.68. The Morgan fingerprint density at radius 3 is 1.42 bits per heavy atom. The zero-order valence-electron chi connectivity index (χ0n) is 28.8. The van der Waals surface area contributed by atoms with E-state index in [9.17, 15) is 0 Å². The average molecular weight is 677 g/mol. The van der Waals surface area contributed by atoms with Crippen LogP contribution in [0.1, 0.15) is 0 Å². The van der Waals surface area contributed by atoms with Crippen molar-refractivity contribution in [1.29, 1.82) is 0 Å². The maximum Gasteiger partial charge on any atom is 0.213 e. The van der Waals surface area contributed by atoms with Crippen LogP contribution >= 0.6 is 0 Å². The second-order valence-corrected chi connectivity index (χ2v) is 13.8. The Morgan fingerprint density at radius 1 is 0.302 bits per heavy atom. The van der Waals surface area contributed by atoms with Gasteiger partial charge in [0, 0.05) is 32.9 Å². The van der Waals surface area contributed by atoms with E-state index in [1.807, 2.05) is 6.07 Å². The van der Waals surface area contributed by atoms with Gasteiger partial charge in [-0.3, -0.25) is 4.57 Å². The van der Waals surface area contributed by atoms with E-state index < -0.39 is 0 Å². The van der Waals surface area contributed by atoms with Crippen molar-refractivity contribution >= 4 is 54.8 Å². The average Bonchev–Trinajstić information content (AvgIpc) is 3.88. The number of furan rings is 1. The molecule has 0 saturated heterocycles. The maximum atomic E-state index is 6.55. The highest BCUT2D eigenvalue weighted by atomic mass is 16.3. The van der Waals surface area contributed by atoms with Crippen LogP contribution in [0.4, 0.5) is 0 Å². The fourth-order valence-electron chi connectivity index (χ4n) is 8.25. The predicted molar refractivity (Wildman–Crippen MR) is 221 cm³/mol. The number of fused-ring (bicyclic) bond motifs is 8. The molecule has 3 heterocycles. The van der Waals surface area contributed by atoms with Crippen LogP contribution in [0.5, 0.6) is 0 Å². The molecule has 8 aromatic carbocycles. The third-order valence-corrected chi connectivity index (χ3v) is 10.7. The van der Waals surface area contributed by atoms with Crippen molar-refractivity contribution in [2.75, 3.05) is 0 Å². The molecule has 0 saturated carbocycles. The summed E-state index contributed by atoms with van der Waals surface area (Å²) in [5.41, 5.74) is 14.7. The van der Waals surface area contributed by atoms with Crippen LogP contribution in [0.2, 0.25) is 0 Å². The molecule has 0 aliphatic heterocycles. The Labute approximate surface area is 306 Å². The minimum Gasteiger partial charge on any atom is -0.439 e. The van der Waals surface area contributed by atoms with Gasteiger partial charge in [-0.05, 0) is 100 Å². The number of benzene rings is 8. The van der Waals surface area contributed by atoms with Crippen LogP contribution in [0.15, 0.2) is 199 Å². The maximum absolute atomic E-state index is 6.55. The molecular formula is C50H32N2O. The van der Waals surface area contributed by atoms with E-state index >= 15 is 0 Å². The first kappa shape index (κ1) is 29.6. The second kappa shape index (κ2) is 11.7. The lowest BCUT2D eigenvalue weighted by molar-refractivity contribution is 0.645. The molecule has 248 valence electrons. The van der Waals surface area contributed by atoms with Gasteiger partial charge in [-0.15, -0.1) is 0 Å². The van der Waals surface area contributed by atoms with Gasteiger partial charge in [0.1, 0.15) is 5.58 Å². The van der Waals surface area contributed by atoms with Gasteiger partial charge >= 0.3 is 0 Å². The fraction of sp³-hybridized carbons (Fsp3) is 0. The molecule has 0 fully saturated rings. The molecule has 0 bridgehead atoms. The van der Waals surface area contributed by atoms with E-state index in [1.165, 1.54) is 49.4 Å². The van der Waals surface area contributed by atoms with Gasteiger partial charge in [0.25, 0.3) is 0 Å². The van der Waals surface area contributed by atoms with Crippen molar-refractivity contribution in [1.82, 2.24) is 9.13 Å². The predicted octanol–water partition coefficient (Wildman–Crippen LogP) is 13.6. The zero-order chi connectivity index (χ0) is 34.9. The molecule has 53 heavy (non-hydrogen) atoms. The summed E-state index contributed by atoms with van der Waals surface area (Å²) in [5, 5.41) is 5.92. The number of hydrogen-bond donors (Lipinski definition) is 0. The van der Waals surface area contributed by atoms with Crippen LogP contribution in [-0.4, -0.2) is 9.13 Å². The SMILES string of the molecule is c1ccc(-c2ccc3c(c2)c2cc(-c4ccccc4)ccc2n3-c2cccc(-c3ccc4c(c3)c3c5ccccc5oc3n4-c3ccccc3)c2)cc1. The molecule has 11 rings (SSSR count). The third-order valence-electron chi connectivity index (χ3n) is 10.7. The van der Waals surface area contributed by atoms with E-state index in [0.29, 0.717) is 0 Å². The molecule has 3 aromatic heterocycles. The lowest BCUT2D eigenvalue weighted by Gasteiger charge is -2.12. The molecule has 11 aromatic rings. The van der Waals surface area contributed by atoms with Gasteiger partial charge in [0.2, 0.25) is 5.71 Å². The van der Waals surface area contributed by atoms with Crippen LogP contribution < -0.4 is 0 Å². The van der Waals surface area contributed by atoms with Gasteiger partial charge in [0.05, 0.1) is 21.9 Å². The topological polar surface area (TPSA) is 23.0 Å². The van der Waals surface area contributed by atoms with Gasteiger partial charge < -0.3 is 8.98 Å². The van der Waals surface area contributed by atoms with E-state index in [1.54, 1.807) is 0 Å². The number of para-hydroxylation sites is 2. The second-order valence-electron chi connectivity index (χ2n) is 13.8. The van der Waals surface area contributed by atoms with Crippen LogP contribution in [0, 0.1) is 0 Å². The van der Waals surface area contributed by atoms with E-state index in [2.05, 4.69) is 197 Å². The fourth-order valence-corrected chi connectivity index (χ4v) is 8.25. The first-order valence-electron chi connectivity index (χ1n) is 18.1. The molecule has 0 amide bonds. The van der Waals surface area contributed by atoms with Gasteiger partial charge in [-0.2, -0.15) is 0 Å². The van der Waals surface area contributed by atoms with Gasteiger partial charge in [-0.1, -0.05) is 127 Å². The highest BCUT2D eigenvalue weighted by Crippen LogP contribution is 2.42. The molecule has 3 nitrogen and oxygen atoms in total.